The number of rotatable bonds is 7. The van der Waals surface area contributed by atoms with Gasteiger partial charge in [0.1, 0.15) is 5.75 Å². The molecule has 0 bridgehead atoms. The average Bonchev–Trinajstić information content (AvgIpc) is 2.94. The first-order chi connectivity index (χ1) is 12.5. The Bertz CT molecular complexity index is 921. The van der Waals surface area contributed by atoms with E-state index >= 15 is 0 Å². The highest BCUT2D eigenvalue weighted by Crippen LogP contribution is 2.26. The van der Waals surface area contributed by atoms with Crippen LogP contribution in [0, 0.1) is 13.8 Å². The van der Waals surface area contributed by atoms with Gasteiger partial charge in [-0.1, -0.05) is 36.4 Å². The molecule has 0 aliphatic heterocycles. The molecule has 1 atom stereocenters. The zero-order valence-corrected chi connectivity index (χ0v) is 15.8. The Labute approximate surface area is 154 Å². The maximum Gasteiger partial charge on any atom is 0.202 e. The largest absolute Gasteiger partial charge is 0.485 e. The maximum atomic E-state index is 12.8. The second-order valence-corrected chi connectivity index (χ2v) is 6.65. The molecule has 0 saturated carbocycles. The van der Waals surface area contributed by atoms with Gasteiger partial charge >= 0.3 is 0 Å². The molecule has 0 aliphatic carbocycles. The number of carbonyl (C=O) groups is 1. The molecule has 0 radical (unpaired) electrons. The Morgan fingerprint density at radius 3 is 2.62 bits per heavy atom. The number of aromatic nitrogens is 1. The van der Waals surface area contributed by atoms with Crippen molar-refractivity contribution in [3.63, 3.8) is 0 Å². The first kappa shape index (κ1) is 18.2. The Morgan fingerprint density at radius 1 is 1.12 bits per heavy atom. The third-order valence-electron chi connectivity index (χ3n) is 4.74. The van der Waals surface area contributed by atoms with Gasteiger partial charge in [-0.25, -0.2) is 0 Å². The summed E-state index contributed by atoms with van der Waals surface area (Å²) in [4.78, 5) is 12.8. The molecule has 0 spiro atoms. The molecule has 0 amide bonds. The maximum absolute atomic E-state index is 12.8. The summed E-state index contributed by atoms with van der Waals surface area (Å²) in [5.74, 6) is 0.722. The summed E-state index contributed by atoms with van der Waals surface area (Å²) in [5.41, 5.74) is 2.73. The molecule has 4 nitrogen and oxygen atoms in total. The van der Waals surface area contributed by atoms with Crippen molar-refractivity contribution in [3.8, 4) is 5.75 Å². The van der Waals surface area contributed by atoms with E-state index in [2.05, 4.69) is 11.5 Å². The van der Waals surface area contributed by atoms with E-state index in [1.165, 1.54) is 0 Å². The quantitative estimate of drug-likeness (QED) is 0.578. The smallest absolute Gasteiger partial charge is 0.202 e. The van der Waals surface area contributed by atoms with E-state index in [1.807, 2.05) is 62.4 Å². The molecule has 1 aromatic heterocycles. The Kier molecular flexibility index (Phi) is 5.43. The number of carbonyl (C=O) groups excluding carboxylic acids is 1. The fourth-order valence-corrected chi connectivity index (χ4v) is 3.60. The van der Waals surface area contributed by atoms with Crippen molar-refractivity contribution in [1.82, 2.24) is 4.57 Å². The SMILES string of the molecule is COCC(C)n1c(C)cc(C(=O)COc2cccc3ccccc23)c1C. The third kappa shape index (κ3) is 3.51. The standard InChI is InChI=1S/C22H25NO3/c1-15-12-20(17(3)23(15)16(2)13-25-4)21(24)14-26-22-11-7-9-18-8-5-6-10-19(18)22/h5-12,16H,13-14H2,1-4H3. The number of methoxy groups -OCH3 is 1. The molecule has 0 aliphatic rings. The number of hydrogen-bond acceptors (Lipinski definition) is 3. The number of benzene rings is 2. The van der Waals surface area contributed by atoms with Crippen molar-refractivity contribution in [1.29, 1.82) is 0 Å². The van der Waals surface area contributed by atoms with Gasteiger partial charge < -0.3 is 14.0 Å². The number of aryl methyl sites for hydroxylation is 1. The van der Waals surface area contributed by atoms with Crippen molar-refractivity contribution in [3.05, 3.63) is 65.5 Å². The van der Waals surface area contributed by atoms with E-state index in [-0.39, 0.29) is 18.4 Å². The molecule has 0 fully saturated rings. The molecule has 1 unspecified atom stereocenters. The van der Waals surface area contributed by atoms with Crippen LogP contribution in [0.1, 0.15) is 34.7 Å². The summed E-state index contributed by atoms with van der Waals surface area (Å²) in [6, 6.07) is 16.0. The summed E-state index contributed by atoms with van der Waals surface area (Å²) in [5, 5.41) is 2.12. The van der Waals surface area contributed by atoms with Gasteiger partial charge in [0.15, 0.2) is 6.61 Å². The minimum atomic E-state index is -0.0121. The lowest BCUT2D eigenvalue weighted by atomic mass is 10.1. The first-order valence-electron chi connectivity index (χ1n) is 8.84. The summed E-state index contributed by atoms with van der Waals surface area (Å²) < 4.78 is 13.3. The molecule has 1 heterocycles. The monoisotopic (exact) mass is 351 g/mol. The van der Waals surface area contributed by atoms with Gasteiger partial charge in [-0.2, -0.15) is 0 Å². The number of nitrogens with zero attached hydrogens (tertiary/aromatic N) is 1. The van der Waals surface area contributed by atoms with E-state index in [9.17, 15) is 4.79 Å². The van der Waals surface area contributed by atoms with Crippen molar-refractivity contribution >= 4 is 16.6 Å². The molecule has 0 saturated heterocycles. The highest BCUT2D eigenvalue weighted by Gasteiger charge is 2.19. The van der Waals surface area contributed by atoms with Crippen molar-refractivity contribution in [2.24, 2.45) is 0 Å². The predicted octanol–water partition coefficient (Wildman–Crippen LogP) is 4.73. The van der Waals surface area contributed by atoms with Gasteiger partial charge in [0.05, 0.1) is 12.6 Å². The van der Waals surface area contributed by atoms with Crippen molar-refractivity contribution in [2.45, 2.75) is 26.8 Å². The van der Waals surface area contributed by atoms with E-state index in [0.29, 0.717) is 12.2 Å². The molecule has 26 heavy (non-hydrogen) atoms. The second kappa shape index (κ2) is 7.75. The van der Waals surface area contributed by atoms with Gasteiger partial charge in [0.25, 0.3) is 0 Å². The van der Waals surface area contributed by atoms with Crippen LogP contribution in [-0.2, 0) is 4.74 Å². The zero-order valence-electron chi connectivity index (χ0n) is 15.8. The summed E-state index contributed by atoms with van der Waals surface area (Å²) in [6.07, 6.45) is 0. The van der Waals surface area contributed by atoms with Crippen LogP contribution < -0.4 is 4.74 Å². The lowest BCUT2D eigenvalue weighted by Crippen LogP contribution is -2.16. The van der Waals surface area contributed by atoms with Crippen LogP contribution in [0.25, 0.3) is 10.8 Å². The van der Waals surface area contributed by atoms with Crippen LogP contribution in [0.4, 0.5) is 0 Å². The fourth-order valence-electron chi connectivity index (χ4n) is 3.60. The first-order valence-corrected chi connectivity index (χ1v) is 8.84. The highest BCUT2D eigenvalue weighted by molar-refractivity contribution is 5.99. The van der Waals surface area contributed by atoms with E-state index in [1.54, 1.807) is 7.11 Å². The van der Waals surface area contributed by atoms with Crippen LogP contribution in [0.15, 0.2) is 48.5 Å². The number of ketones is 1. The predicted molar refractivity (Wildman–Crippen MR) is 104 cm³/mol. The minimum absolute atomic E-state index is 0.0121. The second-order valence-electron chi connectivity index (χ2n) is 6.65. The minimum Gasteiger partial charge on any atom is -0.485 e. The number of hydrogen-bond donors (Lipinski definition) is 0. The Hall–Kier alpha value is -2.59. The lowest BCUT2D eigenvalue weighted by molar-refractivity contribution is 0.0921. The molecule has 0 N–H and O–H groups in total. The fraction of sp³-hybridized carbons (Fsp3) is 0.318. The summed E-state index contributed by atoms with van der Waals surface area (Å²) >= 11 is 0. The average molecular weight is 351 g/mol. The van der Waals surface area contributed by atoms with Crippen molar-refractivity contribution in [2.75, 3.05) is 20.3 Å². The number of Topliss-reactive ketones (excluding diaryl/α,β-unsaturated/α-hetero) is 1. The zero-order chi connectivity index (χ0) is 18.7. The van der Waals surface area contributed by atoms with Crippen LogP contribution in [-0.4, -0.2) is 30.7 Å². The van der Waals surface area contributed by atoms with Crippen LogP contribution in [0.5, 0.6) is 5.75 Å². The molecular formula is C22H25NO3. The summed E-state index contributed by atoms with van der Waals surface area (Å²) in [6.45, 7) is 6.71. The molecule has 3 rings (SSSR count). The highest BCUT2D eigenvalue weighted by atomic mass is 16.5. The summed E-state index contributed by atoms with van der Waals surface area (Å²) in [7, 11) is 1.69. The van der Waals surface area contributed by atoms with Gasteiger partial charge in [0, 0.05) is 29.4 Å². The topological polar surface area (TPSA) is 40.5 Å². The van der Waals surface area contributed by atoms with Gasteiger partial charge in [-0.15, -0.1) is 0 Å². The van der Waals surface area contributed by atoms with Crippen LogP contribution in [0.2, 0.25) is 0 Å². The van der Waals surface area contributed by atoms with E-state index in [0.717, 1.165) is 27.9 Å². The molecule has 3 aromatic rings. The third-order valence-corrected chi connectivity index (χ3v) is 4.74. The van der Waals surface area contributed by atoms with Gasteiger partial charge in [-0.3, -0.25) is 4.79 Å². The van der Waals surface area contributed by atoms with E-state index in [4.69, 9.17) is 9.47 Å². The molecular weight excluding hydrogens is 326 g/mol. The van der Waals surface area contributed by atoms with Crippen LogP contribution >= 0.6 is 0 Å². The van der Waals surface area contributed by atoms with E-state index < -0.39 is 0 Å². The Balaban J connectivity index is 1.79. The Morgan fingerprint density at radius 2 is 1.85 bits per heavy atom. The molecule has 2 aromatic carbocycles. The molecule has 136 valence electrons. The number of ether oxygens (including phenoxy) is 2. The molecule has 4 heteroatoms. The number of fused-ring (bicyclic) bond motifs is 1. The van der Waals surface area contributed by atoms with Crippen molar-refractivity contribution < 1.29 is 14.3 Å². The van der Waals surface area contributed by atoms with Crippen LogP contribution in [0.3, 0.4) is 0 Å². The van der Waals surface area contributed by atoms with Gasteiger partial charge in [0.2, 0.25) is 5.78 Å². The lowest BCUT2D eigenvalue weighted by Gasteiger charge is -2.17. The van der Waals surface area contributed by atoms with Gasteiger partial charge in [-0.05, 0) is 38.3 Å². The normalized spacial score (nSPS) is 12.3.